The second-order valence-electron chi connectivity index (χ2n) is 2.36. The number of methoxy groups -OCH3 is 1. The van der Waals surface area contributed by atoms with E-state index in [4.69, 9.17) is 10.5 Å². The Morgan fingerprint density at radius 2 is 2.07 bits per heavy atom. The van der Waals surface area contributed by atoms with Gasteiger partial charge in [0.15, 0.2) is 5.82 Å². The van der Waals surface area contributed by atoms with Crippen molar-refractivity contribution in [3.8, 4) is 5.88 Å². The first-order valence-corrected chi connectivity index (χ1v) is 4.46. The van der Waals surface area contributed by atoms with Crippen LogP contribution in [0, 0.1) is 0 Å². The van der Waals surface area contributed by atoms with Crippen molar-refractivity contribution in [2.75, 3.05) is 12.8 Å². The first-order valence-electron chi connectivity index (χ1n) is 4.46. The van der Waals surface area contributed by atoms with Gasteiger partial charge in [-0.1, -0.05) is 13.8 Å². The third-order valence-electron chi connectivity index (χ3n) is 1.62. The van der Waals surface area contributed by atoms with Crippen LogP contribution in [0.15, 0.2) is 12.1 Å². The van der Waals surface area contributed by atoms with Crippen molar-refractivity contribution >= 4 is 16.9 Å². The van der Waals surface area contributed by atoms with Crippen molar-refractivity contribution in [2.24, 2.45) is 0 Å². The second kappa shape index (κ2) is 4.45. The third kappa shape index (κ3) is 1.76. The SMILES string of the molecule is CC.COc1ccc2[nH]nc(N)c2n1. The number of pyridine rings is 1. The van der Waals surface area contributed by atoms with E-state index in [2.05, 4.69) is 15.2 Å². The lowest BCUT2D eigenvalue weighted by atomic mass is 10.4. The number of rotatable bonds is 1. The molecule has 5 nitrogen and oxygen atoms in total. The molecule has 0 radical (unpaired) electrons. The van der Waals surface area contributed by atoms with Crippen molar-refractivity contribution in [3.63, 3.8) is 0 Å². The van der Waals surface area contributed by atoms with Gasteiger partial charge in [0.2, 0.25) is 5.88 Å². The van der Waals surface area contributed by atoms with Crippen molar-refractivity contribution in [1.82, 2.24) is 15.2 Å². The Morgan fingerprint density at radius 1 is 1.36 bits per heavy atom. The van der Waals surface area contributed by atoms with Gasteiger partial charge in [-0.3, -0.25) is 5.10 Å². The number of aromatic amines is 1. The minimum atomic E-state index is 0.393. The lowest BCUT2D eigenvalue weighted by Crippen LogP contribution is -1.89. The Bertz CT molecular complexity index is 410. The molecule has 0 aliphatic carbocycles. The number of aromatic nitrogens is 3. The van der Waals surface area contributed by atoms with Crippen LogP contribution >= 0.6 is 0 Å². The minimum Gasteiger partial charge on any atom is -0.481 e. The molecule has 0 aliphatic heterocycles. The highest BCUT2D eigenvalue weighted by molar-refractivity contribution is 5.84. The smallest absolute Gasteiger partial charge is 0.213 e. The van der Waals surface area contributed by atoms with Gasteiger partial charge in [-0.05, 0) is 6.07 Å². The zero-order valence-electron chi connectivity index (χ0n) is 8.53. The van der Waals surface area contributed by atoms with Gasteiger partial charge < -0.3 is 10.5 Å². The Kier molecular flexibility index (Phi) is 3.28. The van der Waals surface area contributed by atoms with E-state index < -0.39 is 0 Å². The molecule has 0 spiro atoms. The van der Waals surface area contributed by atoms with Crippen molar-refractivity contribution < 1.29 is 4.74 Å². The van der Waals surface area contributed by atoms with Crippen LogP contribution in [0.5, 0.6) is 5.88 Å². The highest BCUT2D eigenvalue weighted by Gasteiger charge is 2.03. The van der Waals surface area contributed by atoms with Crippen LogP contribution in [0.4, 0.5) is 5.82 Å². The molecule has 3 N–H and O–H groups in total. The van der Waals surface area contributed by atoms with Gasteiger partial charge in [0.05, 0.1) is 12.6 Å². The molecular weight excluding hydrogens is 180 g/mol. The Labute approximate surface area is 82.3 Å². The van der Waals surface area contributed by atoms with Crippen molar-refractivity contribution in [3.05, 3.63) is 12.1 Å². The van der Waals surface area contributed by atoms with E-state index in [1.54, 1.807) is 13.2 Å². The fourth-order valence-corrected chi connectivity index (χ4v) is 1.01. The van der Waals surface area contributed by atoms with Crippen molar-refractivity contribution in [1.29, 1.82) is 0 Å². The van der Waals surface area contributed by atoms with Crippen LogP contribution < -0.4 is 10.5 Å². The number of hydrogen-bond donors (Lipinski definition) is 2. The number of nitrogens with zero attached hydrogens (tertiary/aromatic N) is 2. The molecule has 0 aromatic carbocycles. The lowest BCUT2D eigenvalue weighted by Gasteiger charge is -1.96. The van der Waals surface area contributed by atoms with Gasteiger partial charge in [0.25, 0.3) is 0 Å². The fourth-order valence-electron chi connectivity index (χ4n) is 1.01. The molecule has 2 rings (SSSR count). The minimum absolute atomic E-state index is 0.393. The van der Waals surface area contributed by atoms with E-state index in [9.17, 15) is 0 Å². The summed E-state index contributed by atoms with van der Waals surface area (Å²) < 4.78 is 4.94. The summed E-state index contributed by atoms with van der Waals surface area (Å²) in [6.45, 7) is 4.00. The highest BCUT2D eigenvalue weighted by atomic mass is 16.5. The van der Waals surface area contributed by atoms with E-state index in [0.717, 1.165) is 5.52 Å². The molecule has 0 unspecified atom stereocenters. The van der Waals surface area contributed by atoms with Crippen LogP contribution in [-0.2, 0) is 0 Å². The van der Waals surface area contributed by atoms with E-state index in [0.29, 0.717) is 17.2 Å². The van der Waals surface area contributed by atoms with Crippen molar-refractivity contribution in [2.45, 2.75) is 13.8 Å². The summed E-state index contributed by atoms with van der Waals surface area (Å²) in [5.74, 6) is 0.930. The summed E-state index contributed by atoms with van der Waals surface area (Å²) in [5, 5.41) is 6.55. The molecule has 2 aromatic heterocycles. The lowest BCUT2D eigenvalue weighted by molar-refractivity contribution is 0.399. The summed E-state index contributed by atoms with van der Waals surface area (Å²) in [7, 11) is 1.56. The number of anilines is 1. The fraction of sp³-hybridized carbons (Fsp3) is 0.333. The van der Waals surface area contributed by atoms with Gasteiger partial charge >= 0.3 is 0 Å². The first kappa shape index (κ1) is 10.3. The maximum atomic E-state index is 5.54. The van der Waals surface area contributed by atoms with Gasteiger partial charge in [-0.25, -0.2) is 4.98 Å². The molecule has 0 aliphatic rings. The largest absolute Gasteiger partial charge is 0.481 e. The number of nitrogens with two attached hydrogens (primary N) is 1. The molecule has 2 heterocycles. The average Bonchev–Trinajstić information content (AvgIpc) is 2.63. The molecular formula is C9H14N4O. The molecule has 0 saturated heterocycles. The molecule has 2 aromatic rings. The molecule has 0 atom stereocenters. The van der Waals surface area contributed by atoms with E-state index in [-0.39, 0.29) is 0 Å². The van der Waals surface area contributed by atoms with Crippen LogP contribution in [0.1, 0.15) is 13.8 Å². The van der Waals surface area contributed by atoms with E-state index >= 15 is 0 Å². The number of nitrogens with one attached hydrogen (secondary N) is 1. The standard InChI is InChI=1S/C7H8N4O.C2H6/c1-12-5-3-2-4-6(9-5)7(8)11-10-4;1-2/h2-3H,1H3,(H3,8,10,11);1-2H3. The normalized spacial score (nSPS) is 9.36. The monoisotopic (exact) mass is 194 g/mol. The number of ether oxygens (including phenoxy) is 1. The van der Waals surface area contributed by atoms with Gasteiger partial charge in [-0.15, -0.1) is 0 Å². The van der Waals surface area contributed by atoms with Crippen LogP contribution in [0.2, 0.25) is 0 Å². The molecule has 0 amide bonds. The second-order valence-corrected chi connectivity index (χ2v) is 2.36. The number of H-pyrrole nitrogens is 1. The Balaban J connectivity index is 0.000000461. The average molecular weight is 194 g/mol. The number of hydrogen-bond acceptors (Lipinski definition) is 4. The Morgan fingerprint density at radius 3 is 2.71 bits per heavy atom. The van der Waals surface area contributed by atoms with Crippen LogP contribution in [0.3, 0.4) is 0 Å². The zero-order valence-corrected chi connectivity index (χ0v) is 8.53. The summed E-state index contributed by atoms with van der Waals surface area (Å²) in [6.07, 6.45) is 0. The van der Waals surface area contributed by atoms with Gasteiger partial charge in [0, 0.05) is 6.07 Å². The number of fused-ring (bicyclic) bond motifs is 1. The highest BCUT2D eigenvalue weighted by Crippen LogP contribution is 2.18. The van der Waals surface area contributed by atoms with Gasteiger partial charge in [-0.2, -0.15) is 5.10 Å². The molecule has 0 fully saturated rings. The third-order valence-corrected chi connectivity index (χ3v) is 1.62. The quantitative estimate of drug-likeness (QED) is 0.722. The molecule has 0 saturated carbocycles. The summed E-state index contributed by atoms with van der Waals surface area (Å²) in [4.78, 5) is 4.11. The van der Waals surface area contributed by atoms with E-state index in [1.807, 2.05) is 19.9 Å². The summed E-state index contributed by atoms with van der Waals surface area (Å²) in [5.41, 5.74) is 7.00. The van der Waals surface area contributed by atoms with E-state index in [1.165, 1.54) is 0 Å². The van der Waals surface area contributed by atoms with Crippen LogP contribution in [0.25, 0.3) is 11.0 Å². The maximum absolute atomic E-state index is 5.54. The molecule has 14 heavy (non-hydrogen) atoms. The predicted molar refractivity (Wildman–Crippen MR) is 56.2 cm³/mol. The topological polar surface area (TPSA) is 76.8 Å². The first-order chi connectivity index (χ1) is 6.81. The zero-order chi connectivity index (χ0) is 10.6. The van der Waals surface area contributed by atoms with Crippen LogP contribution in [-0.4, -0.2) is 22.3 Å². The summed E-state index contributed by atoms with van der Waals surface area (Å²) >= 11 is 0. The Hall–Kier alpha value is -1.78. The maximum Gasteiger partial charge on any atom is 0.213 e. The summed E-state index contributed by atoms with van der Waals surface area (Å²) in [6, 6.07) is 3.57. The number of nitrogen functional groups attached to an aromatic ring is 1. The molecule has 76 valence electrons. The van der Waals surface area contributed by atoms with Gasteiger partial charge in [0.1, 0.15) is 5.52 Å². The molecule has 5 heteroatoms. The predicted octanol–water partition coefficient (Wildman–Crippen LogP) is 1.57. The molecule has 0 bridgehead atoms.